The Bertz CT molecular complexity index is 346. The number of aliphatic hydroxyl groups excluding tert-OH is 1. The fourth-order valence-electron chi connectivity index (χ4n) is 1.43. The summed E-state index contributed by atoms with van der Waals surface area (Å²) < 4.78 is 15.9. The zero-order valence-electron chi connectivity index (χ0n) is 11.4. The first-order chi connectivity index (χ1) is 9.24. The second kappa shape index (κ2) is 9.61. The van der Waals surface area contributed by atoms with Gasteiger partial charge in [-0.15, -0.1) is 0 Å². The van der Waals surface area contributed by atoms with Crippen LogP contribution in [0.4, 0.5) is 5.69 Å². The molecule has 5 heteroatoms. The largest absolute Gasteiger partial charge is 0.489 e. The summed E-state index contributed by atoms with van der Waals surface area (Å²) in [6.45, 7) is 4.20. The minimum Gasteiger partial charge on any atom is -0.489 e. The zero-order chi connectivity index (χ0) is 13.9. The van der Waals surface area contributed by atoms with Crippen molar-refractivity contribution in [2.75, 3.05) is 38.8 Å². The Kier molecular flexibility index (Phi) is 7.97. The van der Waals surface area contributed by atoms with Gasteiger partial charge in [-0.1, -0.05) is 19.1 Å². The van der Waals surface area contributed by atoms with E-state index in [0.29, 0.717) is 24.7 Å². The highest BCUT2D eigenvalue weighted by atomic mass is 16.5. The van der Waals surface area contributed by atoms with Crippen molar-refractivity contribution in [1.29, 1.82) is 0 Å². The topological polar surface area (TPSA) is 73.9 Å². The number of nitrogens with two attached hydrogens (primary N) is 1. The van der Waals surface area contributed by atoms with E-state index in [9.17, 15) is 5.11 Å². The van der Waals surface area contributed by atoms with Gasteiger partial charge in [0.2, 0.25) is 0 Å². The van der Waals surface area contributed by atoms with Gasteiger partial charge in [0.05, 0.1) is 25.5 Å². The van der Waals surface area contributed by atoms with Crippen LogP contribution in [0, 0.1) is 0 Å². The normalized spacial score (nSPS) is 12.3. The van der Waals surface area contributed by atoms with Crippen molar-refractivity contribution in [3.8, 4) is 5.75 Å². The number of aliphatic hydroxyl groups is 1. The third kappa shape index (κ3) is 7.00. The Morgan fingerprint density at radius 1 is 1.11 bits per heavy atom. The van der Waals surface area contributed by atoms with Gasteiger partial charge in [0.15, 0.2) is 0 Å². The molecule has 1 rings (SSSR count). The van der Waals surface area contributed by atoms with Crippen LogP contribution in [0.2, 0.25) is 0 Å². The van der Waals surface area contributed by atoms with Crippen molar-refractivity contribution in [2.24, 2.45) is 0 Å². The maximum atomic E-state index is 9.67. The van der Waals surface area contributed by atoms with Crippen molar-refractivity contribution in [3.63, 3.8) is 0 Å². The molecule has 19 heavy (non-hydrogen) atoms. The van der Waals surface area contributed by atoms with Gasteiger partial charge in [-0.25, -0.2) is 0 Å². The average Bonchev–Trinajstić information content (AvgIpc) is 2.42. The van der Waals surface area contributed by atoms with Gasteiger partial charge in [0.25, 0.3) is 0 Å². The Balaban J connectivity index is 2.08. The van der Waals surface area contributed by atoms with Gasteiger partial charge in [0, 0.05) is 6.61 Å². The first-order valence-electron chi connectivity index (χ1n) is 6.55. The summed E-state index contributed by atoms with van der Waals surface area (Å²) in [6, 6.07) is 7.18. The van der Waals surface area contributed by atoms with E-state index < -0.39 is 6.10 Å². The van der Waals surface area contributed by atoms with Crippen LogP contribution in [0.15, 0.2) is 24.3 Å². The van der Waals surface area contributed by atoms with Crippen molar-refractivity contribution < 1.29 is 19.3 Å². The van der Waals surface area contributed by atoms with Crippen LogP contribution in [-0.4, -0.2) is 44.2 Å². The van der Waals surface area contributed by atoms with E-state index in [1.807, 2.05) is 12.1 Å². The van der Waals surface area contributed by atoms with Crippen LogP contribution < -0.4 is 10.5 Å². The molecule has 0 aromatic heterocycles. The van der Waals surface area contributed by atoms with Crippen molar-refractivity contribution in [3.05, 3.63) is 24.3 Å². The molecule has 0 spiro atoms. The Hall–Kier alpha value is -1.30. The summed E-state index contributed by atoms with van der Waals surface area (Å²) in [5, 5.41) is 9.67. The van der Waals surface area contributed by atoms with Gasteiger partial charge < -0.3 is 25.1 Å². The predicted molar refractivity (Wildman–Crippen MR) is 74.3 cm³/mol. The monoisotopic (exact) mass is 269 g/mol. The minimum atomic E-state index is -0.675. The minimum absolute atomic E-state index is 0.157. The second-order valence-corrected chi connectivity index (χ2v) is 4.19. The van der Waals surface area contributed by atoms with Gasteiger partial charge in [-0.3, -0.25) is 0 Å². The van der Waals surface area contributed by atoms with Crippen LogP contribution in [-0.2, 0) is 9.47 Å². The molecule has 1 unspecified atom stereocenters. The summed E-state index contributed by atoms with van der Waals surface area (Å²) in [7, 11) is 0. The van der Waals surface area contributed by atoms with Crippen molar-refractivity contribution in [2.45, 2.75) is 19.4 Å². The van der Waals surface area contributed by atoms with E-state index >= 15 is 0 Å². The molecular weight excluding hydrogens is 246 g/mol. The zero-order valence-corrected chi connectivity index (χ0v) is 11.4. The van der Waals surface area contributed by atoms with Crippen molar-refractivity contribution >= 4 is 5.69 Å². The van der Waals surface area contributed by atoms with Crippen LogP contribution in [0.1, 0.15) is 13.3 Å². The molecule has 0 bridgehead atoms. The van der Waals surface area contributed by atoms with E-state index in [-0.39, 0.29) is 13.2 Å². The summed E-state index contributed by atoms with van der Waals surface area (Å²) in [4.78, 5) is 0. The molecule has 0 aliphatic rings. The average molecular weight is 269 g/mol. The van der Waals surface area contributed by atoms with Gasteiger partial charge in [0.1, 0.15) is 18.5 Å². The highest BCUT2D eigenvalue weighted by Gasteiger charge is 2.06. The maximum Gasteiger partial charge on any atom is 0.142 e. The number of anilines is 1. The van der Waals surface area contributed by atoms with Gasteiger partial charge >= 0.3 is 0 Å². The Morgan fingerprint density at radius 2 is 1.84 bits per heavy atom. The van der Waals surface area contributed by atoms with E-state index in [2.05, 4.69) is 6.92 Å². The highest BCUT2D eigenvalue weighted by Crippen LogP contribution is 2.19. The lowest BCUT2D eigenvalue weighted by Crippen LogP contribution is -2.24. The summed E-state index contributed by atoms with van der Waals surface area (Å²) in [5.41, 5.74) is 6.28. The lowest BCUT2D eigenvalue weighted by atomic mass is 10.3. The first-order valence-corrected chi connectivity index (χ1v) is 6.55. The molecule has 0 fully saturated rings. The lowest BCUT2D eigenvalue weighted by Gasteiger charge is -2.13. The standard InChI is InChI=1S/C14H23NO4/c1-2-7-17-8-9-18-10-12(16)11-19-14-6-4-3-5-13(14)15/h3-6,12,16H,2,7-11,15H2,1H3. The fraction of sp³-hybridized carbons (Fsp3) is 0.571. The quantitative estimate of drug-likeness (QED) is 0.497. The molecule has 0 saturated heterocycles. The summed E-state index contributed by atoms with van der Waals surface area (Å²) in [6.07, 6.45) is 0.320. The molecule has 0 aliphatic heterocycles. The lowest BCUT2D eigenvalue weighted by molar-refractivity contribution is -0.0106. The summed E-state index contributed by atoms with van der Waals surface area (Å²) in [5.74, 6) is 0.577. The number of ether oxygens (including phenoxy) is 3. The predicted octanol–water partition coefficient (Wildman–Crippen LogP) is 1.45. The van der Waals surface area contributed by atoms with Crippen LogP contribution >= 0.6 is 0 Å². The third-order valence-electron chi connectivity index (χ3n) is 2.38. The second-order valence-electron chi connectivity index (χ2n) is 4.19. The molecule has 0 radical (unpaired) electrons. The number of hydrogen-bond donors (Lipinski definition) is 2. The van der Waals surface area contributed by atoms with E-state index in [1.165, 1.54) is 0 Å². The molecule has 1 aromatic rings. The molecule has 0 saturated carbocycles. The Morgan fingerprint density at radius 3 is 2.58 bits per heavy atom. The molecule has 0 amide bonds. The molecule has 5 nitrogen and oxygen atoms in total. The van der Waals surface area contributed by atoms with E-state index in [1.54, 1.807) is 12.1 Å². The molecule has 108 valence electrons. The van der Waals surface area contributed by atoms with Crippen LogP contribution in [0.25, 0.3) is 0 Å². The van der Waals surface area contributed by atoms with Crippen molar-refractivity contribution in [1.82, 2.24) is 0 Å². The fourth-order valence-corrected chi connectivity index (χ4v) is 1.43. The molecule has 1 aromatic carbocycles. The SMILES string of the molecule is CCCOCCOCC(O)COc1ccccc1N. The molecule has 3 N–H and O–H groups in total. The number of hydrogen-bond acceptors (Lipinski definition) is 5. The Labute approximate surface area is 114 Å². The van der Waals surface area contributed by atoms with Crippen LogP contribution in [0.5, 0.6) is 5.75 Å². The van der Waals surface area contributed by atoms with E-state index in [0.717, 1.165) is 13.0 Å². The molecule has 0 aliphatic carbocycles. The number of nitrogen functional groups attached to an aromatic ring is 1. The maximum absolute atomic E-state index is 9.67. The number of para-hydroxylation sites is 2. The van der Waals surface area contributed by atoms with E-state index in [4.69, 9.17) is 19.9 Å². The third-order valence-corrected chi connectivity index (χ3v) is 2.38. The molecular formula is C14H23NO4. The summed E-state index contributed by atoms with van der Waals surface area (Å²) >= 11 is 0. The molecule has 0 heterocycles. The van der Waals surface area contributed by atoms with Crippen LogP contribution in [0.3, 0.4) is 0 Å². The first kappa shape index (κ1) is 15.8. The number of rotatable bonds is 10. The van der Waals surface area contributed by atoms with Gasteiger partial charge in [-0.05, 0) is 18.6 Å². The highest BCUT2D eigenvalue weighted by molar-refractivity contribution is 5.51. The number of benzene rings is 1. The smallest absolute Gasteiger partial charge is 0.142 e. The van der Waals surface area contributed by atoms with Gasteiger partial charge in [-0.2, -0.15) is 0 Å². The molecule has 1 atom stereocenters.